The van der Waals surface area contributed by atoms with Crippen LogP contribution in [0.15, 0.2) is 83.4 Å². The molecule has 0 spiro atoms. The number of nitrogens with zero attached hydrogens (tertiary/aromatic N) is 2. The lowest BCUT2D eigenvalue weighted by Crippen LogP contribution is -2.37. The molecule has 2 aromatic carbocycles. The van der Waals surface area contributed by atoms with Gasteiger partial charge < -0.3 is 14.3 Å². The smallest absolute Gasteiger partial charge is 0.291 e. The van der Waals surface area contributed by atoms with E-state index in [1.165, 1.54) is 16.8 Å². The van der Waals surface area contributed by atoms with Crippen LogP contribution in [0, 0.1) is 13.8 Å². The number of carbonyl (C=O) groups is 1. The molecule has 5 rings (SSSR count). The van der Waals surface area contributed by atoms with Gasteiger partial charge in [-0.15, -0.1) is 0 Å². The zero-order valence-electron chi connectivity index (χ0n) is 18.4. The molecule has 0 saturated carbocycles. The van der Waals surface area contributed by atoms with Gasteiger partial charge in [0.1, 0.15) is 5.76 Å². The van der Waals surface area contributed by atoms with Gasteiger partial charge in [-0.3, -0.25) is 9.69 Å². The molecule has 162 valence electrons. The highest BCUT2D eigenvalue weighted by atomic mass is 16.4. The largest absolute Gasteiger partial charge is 0.455 e. The number of amides is 1. The lowest BCUT2D eigenvalue weighted by atomic mass is 9.98. The first-order valence-corrected chi connectivity index (χ1v) is 11.0. The van der Waals surface area contributed by atoms with Gasteiger partial charge in [0.25, 0.3) is 5.91 Å². The predicted octanol–water partition coefficient (Wildman–Crippen LogP) is 5.56. The van der Waals surface area contributed by atoms with Gasteiger partial charge in [-0.1, -0.05) is 47.5 Å². The maximum Gasteiger partial charge on any atom is 0.291 e. The second-order valence-electron chi connectivity index (χ2n) is 8.50. The molecular weight excluding hydrogens is 398 g/mol. The minimum Gasteiger partial charge on any atom is -0.455 e. The van der Waals surface area contributed by atoms with Crippen molar-refractivity contribution in [1.82, 2.24) is 9.47 Å². The first-order chi connectivity index (χ1) is 15.6. The number of aromatic nitrogens is 1. The van der Waals surface area contributed by atoms with Crippen LogP contribution < -0.4 is 5.32 Å². The van der Waals surface area contributed by atoms with Gasteiger partial charge in [0.2, 0.25) is 0 Å². The lowest BCUT2D eigenvalue weighted by Gasteiger charge is -2.37. The molecule has 1 N–H and O–H groups in total. The Morgan fingerprint density at radius 2 is 1.81 bits per heavy atom. The number of hydrogen-bond acceptors (Lipinski definition) is 3. The van der Waals surface area contributed by atoms with E-state index in [0.29, 0.717) is 12.3 Å². The molecule has 32 heavy (non-hydrogen) atoms. The second kappa shape index (κ2) is 8.52. The number of fused-ring (bicyclic) bond motifs is 1. The molecule has 1 atom stereocenters. The topological polar surface area (TPSA) is 50.4 Å². The van der Waals surface area contributed by atoms with E-state index in [1.807, 2.05) is 37.3 Å². The molecule has 1 aliphatic rings. The number of aryl methyl sites for hydroxylation is 2. The summed E-state index contributed by atoms with van der Waals surface area (Å²) in [5.41, 5.74) is 5.72. The van der Waals surface area contributed by atoms with Crippen LogP contribution in [0.5, 0.6) is 0 Å². The van der Waals surface area contributed by atoms with Crippen molar-refractivity contribution in [2.75, 3.05) is 11.9 Å². The summed E-state index contributed by atoms with van der Waals surface area (Å²) in [6.45, 7) is 6.63. The Hall–Kier alpha value is -3.57. The summed E-state index contributed by atoms with van der Waals surface area (Å²) in [5.74, 6) is 0.882. The SMILES string of the molecule is Cc1ccc(NC(=O)c2ccc(CN3CCn4cccc4C3c3cccc(C)c3)o2)cc1. The molecule has 0 radical (unpaired) electrons. The average molecular weight is 426 g/mol. The molecule has 1 amide bonds. The van der Waals surface area contributed by atoms with Crippen molar-refractivity contribution in [3.05, 3.63) is 113 Å². The molecule has 0 bridgehead atoms. The van der Waals surface area contributed by atoms with Crippen LogP contribution in [0.25, 0.3) is 0 Å². The van der Waals surface area contributed by atoms with E-state index in [-0.39, 0.29) is 11.9 Å². The second-order valence-corrected chi connectivity index (χ2v) is 8.50. The molecule has 1 aliphatic heterocycles. The molecule has 2 aromatic heterocycles. The Morgan fingerprint density at radius 1 is 0.969 bits per heavy atom. The standard InChI is InChI=1S/C27H27N3O2/c1-19-8-10-22(11-9-19)28-27(31)25-13-12-23(32-25)18-30-16-15-29-14-4-7-24(29)26(30)21-6-3-5-20(2)17-21/h3-14,17,26H,15-16,18H2,1-2H3,(H,28,31). The van der Waals surface area contributed by atoms with Gasteiger partial charge in [-0.2, -0.15) is 0 Å². The number of anilines is 1. The zero-order chi connectivity index (χ0) is 22.1. The van der Waals surface area contributed by atoms with E-state index >= 15 is 0 Å². The Balaban J connectivity index is 1.36. The molecule has 0 saturated heterocycles. The van der Waals surface area contributed by atoms with Crippen molar-refractivity contribution < 1.29 is 9.21 Å². The third kappa shape index (κ3) is 4.12. The molecule has 0 fully saturated rings. The Bertz CT molecular complexity index is 1240. The lowest BCUT2D eigenvalue weighted by molar-refractivity contribution is 0.0990. The van der Waals surface area contributed by atoms with E-state index in [9.17, 15) is 4.79 Å². The first kappa shape index (κ1) is 20.3. The molecule has 5 nitrogen and oxygen atoms in total. The highest BCUT2D eigenvalue weighted by molar-refractivity contribution is 6.02. The van der Waals surface area contributed by atoms with E-state index in [2.05, 4.69) is 64.3 Å². The van der Waals surface area contributed by atoms with Crippen molar-refractivity contribution in [2.24, 2.45) is 0 Å². The number of furan rings is 1. The quantitative estimate of drug-likeness (QED) is 0.456. The molecule has 0 aliphatic carbocycles. The normalized spacial score (nSPS) is 16.0. The monoisotopic (exact) mass is 425 g/mol. The van der Waals surface area contributed by atoms with Crippen molar-refractivity contribution in [3.8, 4) is 0 Å². The summed E-state index contributed by atoms with van der Waals surface area (Å²) >= 11 is 0. The van der Waals surface area contributed by atoms with Crippen LogP contribution in [-0.4, -0.2) is 21.9 Å². The van der Waals surface area contributed by atoms with Gasteiger partial charge in [0, 0.05) is 30.7 Å². The molecular formula is C27H27N3O2. The fourth-order valence-electron chi connectivity index (χ4n) is 4.44. The van der Waals surface area contributed by atoms with Crippen LogP contribution >= 0.6 is 0 Å². The highest BCUT2D eigenvalue weighted by Gasteiger charge is 2.29. The van der Waals surface area contributed by atoms with Crippen molar-refractivity contribution in [3.63, 3.8) is 0 Å². The summed E-state index contributed by atoms with van der Waals surface area (Å²) in [5, 5.41) is 2.90. The average Bonchev–Trinajstić information content (AvgIpc) is 3.45. The van der Waals surface area contributed by atoms with Gasteiger partial charge in [0.05, 0.1) is 12.6 Å². The number of benzene rings is 2. The third-order valence-electron chi connectivity index (χ3n) is 6.05. The molecule has 4 aromatic rings. The fourth-order valence-corrected chi connectivity index (χ4v) is 4.44. The minimum atomic E-state index is -0.233. The number of hydrogen-bond donors (Lipinski definition) is 1. The van der Waals surface area contributed by atoms with Crippen LogP contribution in [0.3, 0.4) is 0 Å². The minimum absolute atomic E-state index is 0.147. The van der Waals surface area contributed by atoms with Crippen molar-refractivity contribution in [2.45, 2.75) is 33.0 Å². The number of rotatable bonds is 5. The summed E-state index contributed by atoms with van der Waals surface area (Å²) < 4.78 is 8.29. The van der Waals surface area contributed by atoms with Crippen LogP contribution in [0.1, 0.15) is 44.7 Å². The van der Waals surface area contributed by atoms with Crippen LogP contribution in [0.4, 0.5) is 5.69 Å². The zero-order valence-corrected chi connectivity index (χ0v) is 18.4. The Kier molecular flexibility index (Phi) is 5.41. The number of carbonyl (C=O) groups excluding carboxylic acids is 1. The van der Waals surface area contributed by atoms with Gasteiger partial charge >= 0.3 is 0 Å². The predicted molar refractivity (Wildman–Crippen MR) is 126 cm³/mol. The van der Waals surface area contributed by atoms with E-state index in [4.69, 9.17) is 4.42 Å². The summed E-state index contributed by atoms with van der Waals surface area (Å²) in [6.07, 6.45) is 2.15. The van der Waals surface area contributed by atoms with Crippen molar-refractivity contribution >= 4 is 11.6 Å². The van der Waals surface area contributed by atoms with Gasteiger partial charge in [-0.25, -0.2) is 0 Å². The molecule has 5 heteroatoms. The van der Waals surface area contributed by atoms with E-state index < -0.39 is 0 Å². The highest BCUT2D eigenvalue weighted by Crippen LogP contribution is 2.34. The van der Waals surface area contributed by atoms with Crippen LogP contribution in [0.2, 0.25) is 0 Å². The summed E-state index contributed by atoms with van der Waals surface area (Å²) in [6, 6.07) is 24.5. The Morgan fingerprint density at radius 3 is 2.62 bits per heavy atom. The molecule has 1 unspecified atom stereocenters. The van der Waals surface area contributed by atoms with E-state index in [1.54, 1.807) is 6.07 Å². The maximum absolute atomic E-state index is 12.6. The maximum atomic E-state index is 12.6. The number of nitrogens with one attached hydrogen (secondary N) is 1. The third-order valence-corrected chi connectivity index (χ3v) is 6.05. The Labute approximate surface area is 188 Å². The van der Waals surface area contributed by atoms with Crippen molar-refractivity contribution in [1.29, 1.82) is 0 Å². The summed E-state index contributed by atoms with van der Waals surface area (Å²) in [4.78, 5) is 15.1. The summed E-state index contributed by atoms with van der Waals surface area (Å²) in [7, 11) is 0. The first-order valence-electron chi connectivity index (χ1n) is 11.0. The van der Waals surface area contributed by atoms with Gasteiger partial charge in [0.15, 0.2) is 5.76 Å². The van der Waals surface area contributed by atoms with E-state index in [0.717, 1.165) is 30.1 Å². The fraction of sp³-hybridized carbons (Fsp3) is 0.222. The van der Waals surface area contributed by atoms with Gasteiger partial charge in [-0.05, 0) is 55.8 Å². The molecule has 3 heterocycles. The van der Waals surface area contributed by atoms with Crippen LogP contribution in [-0.2, 0) is 13.1 Å².